The third-order valence-corrected chi connectivity index (χ3v) is 2.88. The van der Waals surface area contributed by atoms with Gasteiger partial charge in [-0.25, -0.2) is 0 Å². The highest BCUT2D eigenvalue weighted by molar-refractivity contribution is 4.81. The zero-order valence-corrected chi connectivity index (χ0v) is 8.35. The molecule has 0 aliphatic carbocycles. The summed E-state index contributed by atoms with van der Waals surface area (Å²) in [5, 5.41) is 0. The normalized spacial score (nSPS) is 27.6. The lowest BCUT2D eigenvalue weighted by Gasteiger charge is -2.37. The first-order chi connectivity index (χ1) is 6.45. The summed E-state index contributed by atoms with van der Waals surface area (Å²) in [7, 11) is 0. The number of alkyl halides is 3. The quantitative estimate of drug-likeness (QED) is 0.750. The van der Waals surface area contributed by atoms with Gasteiger partial charge in [0, 0.05) is 19.1 Å². The Hall–Kier alpha value is -0.290. The molecule has 1 saturated heterocycles. The van der Waals surface area contributed by atoms with Crippen LogP contribution in [0.1, 0.15) is 19.8 Å². The SMILES string of the molecule is CC(CN)N1CCCC(C(F)(F)F)C1. The highest BCUT2D eigenvalue weighted by Crippen LogP contribution is 2.33. The Morgan fingerprint density at radius 1 is 1.50 bits per heavy atom. The van der Waals surface area contributed by atoms with Gasteiger partial charge in [0.15, 0.2) is 0 Å². The minimum atomic E-state index is -4.05. The Kier molecular flexibility index (Phi) is 3.78. The van der Waals surface area contributed by atoms with E-state index in [4.69, 9.17) is 5.73 Å². The molecular weight excluding hydrogens is 193 g/mol. The van der Waals surface area contributed by atoms with Crippen LogP contribution < -0.4 is 5.73 Å². The van der Waals surface area contributed by atoms with Gasteiger partial charge in [0.2, 0.25) is 0 Å². The second-order valence-electron chi connectivity index (χ2n) is 3.96. The van der Waals surface area contributed by atoms with Gasteiger partial charge in [-0.15, -0.1) is 0 Å². The van der Waals surface area contributed by atoms with Crippen LogP contribution in [0.3, 0.4) is 0 Å². The van der Waals surface area contributed by atoms with Crippen LogP contribution in [0.4, 0.5) is 13.2 Å². The fourth-order valence-corrected chi connectivity index (χ4v) is 1.82. The minimum absolute atomic E-state index is 0.0557. The Labute approximate surface area is 82.2 Å². The third kappa shape index (κ3) is 2.85. The summed E-state index contributed by atoms with van der Waals surface area (Å²) in [6.45, 7) is 3.15. The summed E-state index contributed by atoms with van der Waals surface area (Å²) in [6.07, 6.45) is -3.17. The van der Waals surface area contributed by atoms with Gasteiger partial charge in [-0.3, -0.25) is 4.90 Å². The highest BCUT2D eigenvalue weighted by atomic mass is 19.4. The van der Waals surface area contributed by atoms with Gasteiger partial charge in [0.05, 0.1) is 5.92 Å². The van der Waals surface area contributed by atoms with Crippen LogP contribution in [0, 0.1) is 5.92 Å². The van der Waals surface area contributed by atoms with E-state index in [1.165, 1.54) is 0 Å². The van der Waals surface area contributed by atoms with Crippen LogP contribution in [0.5, 0.6) is 0 Å². The Morgan fingerprint density at radius 2 is 2.14 bits per heavy atom. The van der Waals surface area contributed by atoms with Gasteiger partial charge in [-0.2, -0.15) is 13.2 Å². The average molecular weight is 210 g/mol. The van der Waals surface area contributed by atoms with Gasteiger partial charge >= 0.3 is 6.18 Å². The van der Waals surface area contributed by atoms with E-state index in [1.54, 1.807) is 0 Å². The summed E-state index contributed by atoms with van der Waals surface area (Å²) in [5.74, 6) is -1.16. The van der Waals surface area contributed by atoms with Crippen molar-refractivity contribution < 1.29 is 13.2 Å². The van der Waals surface area contributed by atoms with Crippen molar-refractivity contribution in [2.24, 2.45) is 11.7 Å². The standard InChI is InChI=1S/C9H17F3N2/c1-7(5-13)14-4-2-3-8(6-14)9(10,11)12/h7-8H,2-6,13H2,1H3. The average Bonchev–Trinajstić information content (AvgIpc) is 2.15. The molecule has 1 aliphatic rings. The van der Waals surface area contributed by atoms with Crippen molar-refractivity contribution in [3.63, 3.8) is 0 Å². The molecule has 0 aromatic carbocycles. The molecule has 1 heterocycles. The van der Waals surface area contributed by atoms with E-state index in [-0.39, 0.29) is 19.0 Å². The molecule has 0 spiro atoms. The first-order valence-corrected chi connectivity index (χ1v) is 4.96. The van der Waals surface area contributed by atoms with Gasteiger partial charge in [0.25, 0.3) is 0 Å². The van der Waals surface area contributed by atoms with Crippen LogP contribution >= 0.6 is 0 Å². The van der Waals surface area contributed by atoms with E-state index in [0.717, 1.165) is 6.54 Å². The monoisotopic (exact) mass is 210 g/mol. The van der Waals surface area contributed by atoms with Crippen LogP contribution in [0.25, 0.3) is 0 Å². The fourth-order valence-electron chi connectivity index (χ4n) is 1.82. The molecule has 0 aromatic rings. The van der Waals surface area contributed by atoms with E-state index in [9.17, 15) is 13.2 Å². The number of hydrogen-bond acceptors (Lipinski definition) is 2. The topological polar surface area (TPSA) is 29.3 Å². The molecule has 2 unspecified atom stereocenters. The van der Waals surface area contributed by atoms with E-state index >= 15 is 0 Å². The Bertz CT molecular complexity index is 181. The molecule has 0 radical (unpaired) electrons. The number of piperidine rings is 1. The molecule has 1 rings (SSSR count). The molecule has 0 bridgehead atoms. The molecular formula is C9H17F3N2. The van der Waals surface area contributed by atoms with E-state index in [0.29, 0.717) is 13.0 Å². The van der Waals surface area contributed by atoms with Crippen molar-refractivity contribution in [1.82, 2.24) is 4.90 Å². The molecule has 14 heavy (non-hydrogen) atoms. The zero-order valence-electron chi connectivity index (χ0n) is 8.35. The molecule has 0 aromatic heterocycles. The minimum Gasteiger partial charge on any atom is -0.329 e. The number of hydrogen-bond donors (Lipinski definition) is 1. The van der Waals surface area contributed by atoms with Crippen molar-refractivity contribution >= 4 is 0 Å². The molecule has 0 amide bonds. The summed E-state index contributed by atoms with van der Waals surface area (Å²) in [4.78, 5) is 1.83. The number of rotatable bonds is 2. The first-order valence-electron chi connectivity index (χ1n) is 4.96. The van der Waals surface area contributed by atoms with E-state index in [2.05, 4.69) is 0 Å². The third-order valence-electron chi connectivity index (χ3n) is 2.88. The maximum Gasteiger partial charge on any atom is 0.393 e. The maximum atomic E-state index is 12.4. The van der Waals surface area contributed by atoms with Gasteiger partial charge in [0.1, 0.15) is 0 Å². The predicted molar refractivity (Wildman–Crippen MR) is 48.9 cm³/mol. The molecule has 2 atom stereocenters. The molecule has 1 aliphatic heterocycles. The van der Waals surface area contributed by atoms with Crippen molar-refractivity contribution in [3.8, 4) is 0 Å². The molecule has 1 fully saturated rings. The lowest BCUT2D eigenvalue weighted by molar-refractivity contribution is -0.188. The number of halogens is 3. The summed E-state index contributed by atoms with van der Waals surface area (Å²) >= 11 is 0. The summed E-state index contributed by atoms with van der Waals surface area (Å²) < 4.78 is 37.3. The van der Waals surface area contributed by atoms with E-state index in [1.807, 2.05) is 11.8 Å². The molecule has 0 saturated carbocycles. The van der Waals surface area contributed by atoms with Crippen molar-refractivity contribution in [2.45, 2.75) is 32.0 Å². The summed E-state index contributed by atoms with van der Waals surface area (Å²) in [6, 6.07) is 0.0557. The Morgan fingerprint density at radius 3 is 2.64 bits per heavy atom. The molecule has 2 N–H and O–H groups in total. The highest BCUT2D eigenvalue weighted by Gasteiger charge is 2.42. The maximum absolute atomic E-state index is 12.4. The van der Waals surface area contributed by atoms with Crippen LogP contribution in [0.2, 0.25) is 0 Å². The van der Waals surface area contributed by atoms with Crippen molar-refractivity contribution in [1.29, 1.82) is 0 Å². The lowest BCUT2D eigenvalue weighted by Crippen LogP contribution is -2.47. The zero-order chi connectivity index (χ0) is 10.8. The predicted octanol–water partition coefficient (Wildman–Crippen LogP) is 1.61. The number of nitrogens with two attached hydrogens (primary N) is 1. The second-order valence-corrected chi connectivity index (χ2v) is 3.96. The van der Waals surface area contributed by atoms with Crippen LogP contribution in [-0.4, -0.2) is 36.8 Å². The van der Waals surface area contributed by atoms with Crippen LogP contribution in [-0.2, 0) is 0 Å². The fraction of sp³-hybridized carbons (Fsp3) is 1.00. The Balaban J connectivity index is 2.52. The smallest absolute Gasteiger partial charge is 0.329 e. The number of nitrogens with zero attached hydrogens (tertiary/aromatic N) is 1. The van der Waals surface area contributed by atoms with Gasteiger partial charge < -0.3 is 5.73 Å². The lowest BCUT2D eigenvalue weighted by atomic mass is 9.96. The van der Waals surface area contributed by atoms with E-state index < -0.39 is 12.1 Å². The number of likely N-dealkylation sites (tertiary alicyclic amines) is 1. The van der Waals surface area contributed by atoms with Crippen LogP contribution in [0.15, 0.2) is 0 Å². The second kappa shape index (κ2) is 4.49. The molecule has 2 nitrogen and oxygen atoms in total. The molecule has 5 heteroatoms. The summed E-state index contributed by atoms with van der Waals surface area (Å²) in [5.41, 5.74) is 5.43. The van der Waals surface area contributed by atoms with Crippen molar-refractivity contribution in [3.05, 3.63) is 0 Å². The van der Waals surface area contributed by atoms with Crippen molar-refractivity contribution in [2.75, 3.05) is 19.6 Å². The van der Waals surface area contributed by atoms with Gasteiger partial charge in [-0.1, -0.05) is 0 Å². The first kappa shape index (κ1) is 11.8. The molecule has 84 valence electrons. The largest absolute Gasteiger partial charge is 0.393 e. The van der Waals surface area contributed by atoms with Gasteiger partial charge in [-0.05, 0) is 26.3 Å².